The van der Waals surface area contributed by atoms with Gasteiger partial charge in [-0.3, -0.25) is 19.5 Å². The number of fused-ring (bicyclic) bond motifs is 2. The van der Waals surface area contributed by atoms with Crippen LogP contribution in [0, 0.1) is 0 Å². The predicted molar refractivity (Wildman–Crippen MR) is 99.4 cm³/mol. The minimum absolute atomic E-state index is 0.0299. The number of nitrogens with one attached hydrogen (secondary N) is 2. The fraction of sp³-hybridized carbons (Fsp3) is 0.167. The molecule has 136 valence electrons. The molecule has 2 N–H and O–H groups in total. The monoisotopic (exact) mass is 364 g/mol. The Bertz CT molecular complexity index is 1220. The van der Waals surface area contributed by atoms with Crippen molar-refractivity contribution in [3.05, 3.63) is 69.2 Å². The zero-order valence-electron chi connectivity index (χ0n) is 14.3. The molecule has 27 heavy (non-hydrogen) atoms. The quantitative estimate of drug-likeness (QED) is 0.527. The van der Waals surface area contributed by atoms with Gasteiger partial charge >= 0.3 is 0 Å². The summed E-state index contributed by atoms with van der Waals surface area (Å²) in [6.07, 6.45) is 0. The van der Waals surface area contributed by atoms with Crippen LogP contribution in [-0.2, 0) is 17.9 Å². The van der Waals surface area contributed by atoms with Crippen molar-refractivity contribution in [2.24, 2.45) is 0 Å². The van der Waals surface area contributed by atoms with E-state index >= 15 is 0 Å². The molecule has 0 atom stereocenters. The van der Waals surface area contributed by atoms with Crippen LogP contribution in [0.5, 0.6) is 0 Å². The third kappa shape index (κ3) is 3.34. The molecule has 0 radical (unpaired) electrons. The van der Waals surface area contributed by atoms with Gasteiger partial charge < -0.3 is 5.32 Å². The van der Waals surface area contributed by atoms with E-state index in [-0.39, 0.29) is 36.7 Å². The van der Waals surface area contributed by atoms with Gasteiger partial charge in [0.15, 0.2) is 0 Å². The Labute approximate surface area is 152 Å². The van der Waals surface area contributed by atoms with Gasteiger partial charge in [0.2, 0.25) is 5.91 Å². The van der Waals surface area contributed by atoms with Crippen LogP contribution in [0.15, 0.2) is 58.1 Å². The zero-order valence-corrected chi connectivity index (χ0v) is 14.3. The first-order valence-electron chi connectivity index (χ1n) is 8.40. The van der Waals surface area contributed by atoms with Gasteiger partial charge in [-0.1, -0.05) is 24.3 Å². The second kappa shape index (κ2) is 6.87. The summed E-state index contributed by atoms with van der Waals surface area (Å²) in [5, 5.41) is 14.4. The standard InChI is InChI=1S/C18H16N6O3/c25-16(11-24-20-14-7-3-4-8-15(14)21-24)19-9-10-23-18(27)13-6-2-1-5-12(13)17(26)22-23/h1-8H,9-11H2,(H,19,25)(H,22,26). The normalized spacial score (nSPS) is 11.1. The summed E-state index contributed by atoms with van der Waals surface area (Å²) in [5.74, 6) is -0.286. The number of hydrogen-bond acceptors (Lipinski definition) is 5. The number of nitrogens with zero attached hydrogens (tertiary/aromatic N) is 4. The fourth-order valence-corrected chi connectivity index (χ4v) is 2.87. The summed E-state index contributed by atoms with van der Waals surface area (Å²) < 4.78 is 1.20. The maximum absolute atomic E-state index is 12.4. The molecule has 0 saturated heterocycles. The van der Waals surface area contributed by atoms with Crippen LogP contribution < -0.4 is 16.4 Å². The van der Waals surface area contributed by atoms with Crippen LogP contribution in [0.1, 0.15) is 0 Å². The Balaban J connectivity index is 1.41. The van der Waals surface area contributed by atoms with Crippen LogP contribution in [0.4, 0.5) is 0 Å². The number of carbonyl (C=O) groups is 1. The number of aromatic amines is 1. The SMILES string of the molecule is O=C(Cn1nc2ccccc2n1)NCCn1[nH]c(=O)c2ccccc2c1=O. The summed E-state index contributed by atoms with van der Waals surface area (Å²) in [6.45, 7) is 0.310. The van der Waals surface area contributed by atoms with E-state index in [1.807, 2.05) is 24.3 Å². The molecule has 0 aliphatic heterocycles. The highest BCUT2D eigenvalue weighted by Gasteiger charge is 2.09. The lowest BCUT2D eigenvalue weighted by Crippen LogP contribution is -2.36. The number of rotatable bonds is 5. The highest BCUT2D eigenvalue weighted by atomic mass is 16.2. The Morgan fingerprint density at radius 2 is 1.59 bits per heavy atom. The van der Waals surface area contributed by atoms with Crippen molar-refractivity contribution < 1.29 is 4.79 Å². The van der Waals surface area contributed by atoms with Crippen molar-refractivity contribution in [3.63, 3.8) is 0 Å². The van der Waals surface area contributed by atoms with Crippen molar-refractivity contribution in [2.75, 3.05) is 6.54 Å². The van der Waals surface area contributed by atoms with E-state index in [2.05, 4.69) is 20.6 Å². The molecule has 0 bridgehead atoms. The van der Waals surface area contributed by atoms with E-state index in [9.17, 15) is 14.4 Å². The first-order valence-corrected chi connectivity index (χ1v) is 8.40. The van der Waals surface area contributed by atoms with E-state index in [4.69, 9.17) is 0 Å². The van der Waals surface area contributed by atoms with Crippen LogP contribution in [0.2, 0.25) is 0 Å². The van der Waals surface area contributed by atoms with Gasteiger partial charge in [-0.25, -0.2) is 4.68 Å². The van der Waals surface area contributed by atoms with Gasteiger partial charge in [0.25, 0.3) is 11.1 Å². The molecule has 0 unspecified atom stereocenters. The molecule has 1 amide bonds. The average molecular weight is 364 g/mol. The summed E-state index contributed by atoms with van der Waals surface area (Å²) in [5.41, 5.74) is 0.777. The molecule has 2 heterocycles. The highest BCUT2D eigenvalue weighted by molar-refractivity contribution is 5.80. The van der Waals surface area contributed by atoms with Crippen LogP contribution in [0.25, 0.3) is 21.8 Å². The number of carbonyl (C=O) groups excluding carboxylic acids is 1. The van der Waals surface area contributed by atoms with Crippen LogP contribution >= 0.6 is 0 Å². The molecule has 0 saturated carbocycles. The average Bonchev–Trinajstić information content (AvgIpc) is 3.08. The maximum atomic E-state index is 12.4. The van der Waals surface area contributed by atoms with Crippen molar-refractivity contribution in [2.45, 2.75) is 13.1 Å². The lowest BCUT2D eigenvalue weighted by atomic mass is 10.2. The first-order chi connectivity index (χ1) is 13.1. The molecule has 9 heteroatoms. The van der Waals surface area contributed by atoms with Gasteiger partial charge in [0.05, 0.1) is 17.3 Å². The van der Waals surface area contributed by atoms with E-state index in [1.54, 1.807) is 24.3 Å². The number of aromatic nitrogens is 5. The molecule has 4 aromatic rings. The molecule has 0 spiro atoms. The van der Waals surface area contributed by atoms with Gasteiger partial charge in [0.1, 0.15) is 17.6 Å². The fourth-order valence-electron chi connectivity index (χ4n) is 2.87. The third-order valence-electron chi connectivity index (χ3n) is 4.15. The Morgan fingerprint density at radius 1 is 0.963 bits per heavy atom. The first kappa shape index (κ1) is 16.7. The largest absolute Gasteiger partial charge is 0.353 e. The lowest BCUT2D eigenvalue weighted by Gasteiger charge is -2.08. The number of H-pyrrole nitrogens is 1. The molecular formula is C18H16N6O3. The summed E-state index contributed by atoms with van der Waals surface area (Å²) in [4.78, 5) is 37.9. The lowest BCUT2D eigenvalue weighted by molar-refractivity contribution is -0.122. The van der Waals surface area contributed by atoms with Crippen molar-refractivity contribution in [1.29, 1.82) is 0 Å². The molecule has 0 aliphatic carbocycles. The highest BCUT2D eigenvalue weighted by Crippen LogP contribution is 2.06. The van der Waals surface area contributed by atoms with Crippen LogP contribution in [0.3, 0.4) is 0 Å². The van der Waals surface area contributed by atoms with Gasteiger partial charge in [-0.05, 0) is 24.3 Å². The molecule has 0 aliphatic rings. The molecule has 2 aromatic heterocycles. The topological polar surface area (TPSA) is 115 Å². The second-order valence-electron chi connectivity index (χ2n) is 6.01. The van der Waals surface area contributed by atoms with Gasteiger partial charge in [-0.15, -0.1) is 0 Å². The zero-order chi connectivity index (χ0) is 18.8. The van der Waals surface area contributed by atoms with Crippen molar-refractivity contribution >= 4 is 27.7 Å². The number of hydrogen-bond donors (Lipinski definition) is 2. The van der Waals surface area contributed by atoms with E-state index in [0.29, 0.717) is 21.8 Å². The summed E-state index contributed by atoms with van der Waals surface area (Å²) in [7, 11) is 0. The molecule has 0 fully saturated rings. The summed E-state index contributed by atoms with van der Waals surface area (Å²) in [6, 6.07) is 14.0. The van der Waals surface area contributed by atoms with Crippen molar-refractivity contribution in [3.8, 4) is 0 Å². The van der Waals surface area contributed by atoms with E-state index in [1.165, 1.54) is 9.48 Å². The number of benzene rings is 2. The van der Waals surface area contributed by atoms with Crippen LogP contribution in [-0.4, -0.2) is 37.2 Å². The molecule has 9 nitrogen and oxygen atoms in total. The molecule has 2 aromatic carbocycles. The molecule has 4 rings (SSSR count). The maximum Gasteiger partial charge on any atom is 0.273 e. The third-order valence-corrected chi connectivity index (χ3v) is 4.15. The Morgan fingerprint density at radius 3 is 2.30 bits per heavy atom. The van der Waals surface area contributed by atoms with Crippen molar-refractivity contribution in [1.82, 2.24) is 30.1 Å². The summed E-state index contributed by atoms with van der Waals surface area (Å²) >= 11 is 0. The van der Waals surface area contributed by atoms with E-state index < -0.39 is 0 Å². The minimum Gasteiger partial charge on any atom is -0.353 e. The minimum atomic E-state index is -0.344. The van der Waals surface area contributed by atoms with Gasteiger partial charge in [-0.2, -0.15) is 15.0 Å². The second-order valence-corrected chi connectivity index (χ2v) is 6.01. The van der Waals surface area contributed by atoms with E-state index in [0.717, 1.165) is 0 Å². The Kier molecular flexibility index (Phi) is 4.25. The molecular weight excluding hydrogens is 348 g/mol. The Hall–Kier alpha value is -3.75. The van der Waals surface area contributed by atoms with Gasteiger partial charge in [0, 0.05) is 6.54 Å². The number of amides is 1. The smallest absolute Gasteiger partial charge is 0.273 e. The predicted octanol–water partition coefficient (Wildman–Crippen LogP) is 0.251.